The number of rotatable bonds is 4. The highest BCUT2D eigenvalue weighted by Gasteiger charge is 2.13. The molecule has 1 aliphatic heterocycles. The van der Waals surface area contributed by atoms with E-state index < -0.39 is 5.76 Å². The molecule has 1 aromatic rings. The predicted octanol–water partition coefficient (Wildman–Crippen LogP) is 3.54. The first-order valence-corrected chi connectivity index (χ1v) is 6.86. The Labute approximate surface area is 105 Å². The predicted molar refractivity (Wildman–Crippen MR) is 67.6 cm³/mol. The lowest BCUT2D eigenvalue weighted by atomic mass is 9.91. The van der Waals surface area contributed by atoms with Gasteiger partial charge in [0.15, 0.2) is 0 Å². The van der Waals surface area contributed by atoms with E-state index in [-0.39, 0.29) is 0 Å². The number of benzene rings is 1. The highest BCUT2D eigenvalue weighted by Crippen LogP contribution is 2.26. The molecule has 0 spiro atoms. The van der Waals surface area contributed by atoms with Crippen molar-refractivity contribution in [2.24, 2.45) is 5.92 Å². The van der Waals surface area contributed by atoms with Gasteiger partial charge < -0.3 is 5.32 Å². The summed E-state index contributed by atoms with van der Waals surface area (Å²) in [4.78, 5) is 0.647. The molecule has 0 aromatic heterocycles. The number of hydrogen-bond donors (Lipinski definition) is 1. The number of thioether (sulfide) groups is 1. The minimum Gasteiger partial charge on any atom is -0.317 e. The van der Waals surface area contributed by atoms with Crippen molar-refractivity contribution in [2.45, 2.75) is 29.9 Å². The van der Waals surface area contributed by atoms with Crippen molar-refractivity contribution in [3.8, 4) is 0 Å². The molecule has 1 saturated heterocycles. The number of alkyl halides is 2. The largest absolute Gasteiger partial charge is 0.317 e. The van der Waals surface area contributed by atoms with Gasteiger partial charge in [-0.3, -0.25) is 0 Å². The molecule has 0 atom stereocenters. The highest BCUT2D eigenvalue weighted by atomic mass is 32.2. The van der Waals surface area contributed by atoms with E-state index in [1.54, 1.807) is 12.1 Å². The van der Waals surface area contributed by atoms with Crippen LogP contribution in [0.25, 0.3) is 0 Å². The fourth-order valence-electron chi connectivity index (χ4n) is 2.23. The van der Waals surface area contributed by atoms with E-state index in [0.29, 0.717) is 16.7 Å². The van der Waals surface area contributed by atoms with Gasteiger partial charge in [0, 0.05) is 4.90 Å². The maximum absolute atomic E-state index is 12.1. The molecule has 1 aromatic carbocycles. The average Bonchev–Trinajstić information content (AvgIpc) is 2.32. The molecule has 0 aliphatic carbocycles. The van der Waals surface area contributed by atoms with E-state index in [1.807, 2.05) is 12.1 Å². The van der Waals surface area contributed by atoms with Crippen LogP contribution in [-0.2, 0) is 6.42 Å². The topological polar surface area (TPSA) is 12.0 Å². The maximum atomic E-state index is 12.1. The Bertz CT molecular complexity index is 334. The molecule has 0 unspecified atom stereocenters. The molecule has 94 valence electrons. The third-order valence-corrected chi connectivity index (χ3v) is 3.85. The Balaban J connectivity index is 1.88. The summed E-state index contributed by atoms with van der Waals surface area (Å²) in [7, 11) is 0. The maximum Gasteiger partial charge on any atom is 0.288 e. The quantitative estimate of drug-likeness (QED) is 0.828. The molecule has 2 rings (SSSR count). The van der Waals surface area contributed by atoms with Crippen LogP contribution in [0.2, 0.25) is 0 Å². The highest BCUT2D eigenvalue weighted by molar-refractivity contribution is 7.99. The fourth-order valence-corrected chi connectivity index (χ4v) is 2.73. The Morgan fingerprint density at radius 2 is 1.82 bits per heavy atom. The fraction of sp³-hybridized carbons (Fsp3) is 0.538. The first kappa shape index (κ1) is 12.8. The molecule has 0 amide bonds. The van der Waals surface area contributed by atoms with Crippen LogP contribution in [0.1, 0.15) is 18.4 Å². The normalized spacial score (nSPS) is 17.6. The van der Waals surface area contributed by atoms with Gasteiger partial charge in [0.05, 0.1) is 0 Å². The SMILES string of the molecule is FC(F)Sc1ccc(CC2CCNCC2)cc1. The van der Waals surface area contributed by atoms with E-state index in [4.69, 9.17) is 0 Å². The molecule has 17 heavy (non-hydrogen) atoms. The van der Waals surface area contributed by atoms with Crippen molar-refractivity contribution in [3.63, 3.8) is 0 Å². The van der Waals surface area contributed by atoms with Crippen molar-refractivity contribution >= 4 is 11.8 Å². The summed E-state index contributed by atoms with van der Waals surface area (Å²) in [6.45, 7) is 2.20. The molecule has 1 nitrogen and oxygen atoms in total. The van der Waals surface area contributed by atoms with Crippen LogP contribution in [0.5, 0.6) is 0 Å². The molecule has 0 bridgehead atoms. The van der Waals surface area contributed by atoms with E-state index in [9.17, 15) is 8.78 Å². The van der Waals surface area contributed by atoms with Gasteiger partial charge in [-0.2, -0.15) is 8.78 Å². The summed E-state index contributed by atoms with van der Waals surface area (Å²) < 4.78 is 24.3. The van der Waals surface area contributed by atoms with Crippen LogP contribution in [0.3, 0.4) is 0 Å². The van der Waals surface area contributed by atoms with Crippen LogP contribution >= 0.6 is 11.8 Å². The summed E-state index contributed by atoms with van der Waals surface area (Å²) in [6.07, 6.45) is 3.50. The van der Waals surface area contributed by atoms with Gasteiger partial charge >= 0.3 is 0 Å². The van der Waals surface area contributed by atoms with Gasteiger partial charge in [0.1, 0.15) is 0 Å². The molecule has 1 aliphatic rings. The lowest BCUT2D eigenvalue weighted by molar-refractivity contribution is 0.252. The second-order valence-electron chi connectivity index (χ2n) is 4.42. The Hall–Kier alpha value is -0.610. The molecule has 0 saturated carbocycles. The van der Waals surface area contributed by atoms with Gasteiger partial charge in [0.25, 0.3) is 5.76 Å². The zero-order valence-electron chi connectivity index (χ0n) is 9.66. The Kier molecular flexibility index (Phi) is 4.80. The number of piperidine rings is 1. The van der Waals surface area contributed by atoms with Crippen LogP contribution in [0, 0.1) is 5.92 Å². The van der Waals surface area contributed by atoms with Crippen LogP contribution < -0.4 is 5.32 Å². The monoisotopic (exact) mass is 257 g/mol. The van der Waals surface area contributed by atoms with E-state index in [1.165, 1.54) is 18.4 Å². The second-order valence-corrected chi connectivity index (χ2v) is 5.48. The van der Waals surface area contributed by atoms with Gasteiger partial charge in [0.2, 0.25) is 0 Å². The third kappa shape index (κ3) is 4.28. The lowest BCUT2D eigenvalue weighted by Crippen LogP contribution is -2.28. The molecule has 1 N–H and O–H groups in total. The smallest absolute Gasteiger partial charge is 0.288 e. The average molecular weight is 257 g/mol. The first-order chi connectivity index (χ1) is 8.24. The molecular formula is C13H17F2NS. The van der Waals surface area contributed by atoms with E-state index >= 15 is 0 Å². The van der Waals surface area contributed by atoms with Gasteiger partial charge in [-0.1, -0.05) is 23.9 Å². The Morgan fingerprint density at radius 3 is 2.41 bits per heavy atom. The third-order valence-electron chi connectivity index (χ3n) is 3.13. The number of nitrogens with one attached hydrogen (secondary N) is 1. The van der Waals surface area contributed by atoms with Gasteiger partial charge in [-0.05, 0) is 56.0 Å². The number of hydrogen-bond acceptors (Lipinski definition) is 2. The minimum absolute atomic E-state index is 0.610. The minimum atomic E-state index is -2.33. The summed E-state index contributed by atoms with van der Waals surface area (Å²) in [5, 5.41) is 3.34. The molecule has 1 heterocycles. The van der Waals surface area contributed by atoms with E-state index in [0.717, 1.165) is 25.4 Å². The van der Waals surface area contributed by atoms with Crippen molar-refractivity contribution < 1.29 is 8.78 Å². The van der Waals surface area contributed by atoms with Crippen LogP contribution in [-0.4, -0.2) is 18.8 Å². The van der Waals surface area contributed by atoms with Crippen molar-refractivity contribution in [1.29, 1.82) is 0 Å². The lowest BCUT2D eigenvalue weighted by Gasteiger charge is -2.22. The van der Waals surface area contributed by atoms with Crippen LogP contribution in [0.15, 0.2) is 29.2 Å². The standard InChI is InChI=1S/C13H17F2NS/c14-13(15)17-12-3-1-10(2-4-12)9-11-5-7-16-8-6-11/h1-4,11,13,16H,5-9H2. The van der Waals surface area contributed by atoms with Crippen molar-refractivity contribution in [3.05, 3.63) is 29.8 Å². The summed E-state index contributed by atoms with van der Waals surface area (Å²) >= 11 is 0.610. The van der Waals surface area contributed by atoms with Gasteiger partial charge in [-0.15, -0.1) is 0 Å². The summed E-state index contributed by atoms with van der Waals surface area (Å²) in [6, 6.07) is 7.56. The molecule has 4 heteroatoms. The molecule has 1 fully saturated rings. The zero-order valence-corrected chi connectivity index (χ0v) is 10.5. The molecule has 0 radical (unpaired) electrons. The Morgan fingerprint density at radius 1 is 1.18 bits per heavy atom. The number of halogens is 2. The summed E-state index contributed by atoms with van der Waals surface area (Å²) in [5.74, 6) is -1.59. The van der Waals surface area contributed by atoms with Gasteiger partial charge in [-0.25, -0.2) is 0 Å². The second kappa shape index (κ2) is 6.36. The van der Waals surface area contributed by atoms with Crippen molar-refractivity contribution in [2.75, 3.05) is 13.1 Å². The first-order valence-electron chi connectivity index (χ1n) is 5.98. The van der Waals surface area contributed by atoms with Crippen LogP contribution in [0.4, 0.5) is 8.78 Å². The zero-order chi connectivity index (χ0) is 12.1. The summed E-state index contributed by atoms with van der Waals surface area (Å²) in [5.41, 5.74) is 1.26. The van der Waals surface area contributed by atoms with Crippen molar-refractivity contribution in [1.82, 2.24) is 5.32 Å². The molecular weight excluding hydrogens is 240 g/mol. The van der Waals surface area contributed by atoms with E-state index in [2.05, 4.69) is 5.32 Å².